The van der Waals surface area contributed by atoms with Crippen molar-refractivity contribution in [3.63, 3.8) is 0 Å². The summed E-state index contributed by atoms with van der Waals surface area (Å²) in [6, 6.07) is 0. The highest BCUT2D eigenvalue weighted by molar-refractivity contribution is 5.68. The third-order valence-electron chi connectivity index (χ3n) is 2.35. The molecule has 1 heterocycles. The highest BCUT2D eigenvalue weighted by Crippen LogP contribution is 2.15. The predicted octanol–water partition coefficient (Wildman–Crippen LogP) is 1.79. The number of aliphatic hydroxyl groups is 1. The first-order valence-corrected chi connectivity index (χ1v) is 5.66. The summed E-state index contributed by atoms with van der Waals surface area (Å²) in [6.45, 7) is 6.76. The van der Waals surface area contributed by atoms with Gasteiger partial charge in [0.1, 0.15) is 5.60 Å². The molecule has 1 aliphatic heterocycles. The summed E-state index contributed by atoms with van der Waals surface area (Å²) in [5.41, 5.74) is -0.470. The Kier molecular flexibility index (Phi) is 4.35. The molecule has 1 aliphatic rings. The molecule has 0 bridgehead atoms. The maximum Gasteiger partial charge on any atom is 0.410 e. The Morgan fingerprint density at radius 2 is 2.19 bits per heavy atom. The lowest BCUT2D eigenvalue weighted by molar-refractivity contribution is 0.0232. The van der Waals surface area contributed by atoms with E-state index in [4.69, 9.17) is 9.84 Å². The molecule has 0 aromatic carbocycles. The van der Waals surface area contributed by atoms with Crippen LogP contribution in [0, 0.1) is 5.92 Å². The summed E-state index contributed by atoms with van der Waals surface area (Å²) in [5.74, 6) is 0.117. The van der Waals surface area contributed by atoms with Crippen LogP contribution < -0.4 is 0 Å². The van der Waals surface area contributed by atoms with Crippen LogP contribution in [0.1, 0.15) is 27.2 Å². The van der Waals surface area contributed by atoms with Crippen molar-refractivity contribution in [2.24, 2.45) is 5.92 Å². The highest BCUT2D eigenvalue weighted by Gasteiger charge is 2.24. The SMILES string of the molecule is CC(C)(C)OC(=O)N1CC=CC[C@@H](CO)C1. The molecule has 0 unspecified atom stereocenters. The summed E-state index contributed by atoms with van der Waals surface area (Å²) < 4.78 is 5.30. The van der Waals surface area contributed by atoms with Gasteiger partial charge in [-0.1, -0.05) is 12.2 Å². The van der Waals surface area contributed by atoms with E-state index in [9.17, 15) is 4.79 Å². The smallest absolute Gasteiger partial charge is 0.410 e. The minimum Gasteiger partial charge on any atom is -0.444 e. The standard InChI is InChI=1S/C12H21NO3/c1-12(2,3)16-11(15)13-7-5-4-6-10(8-13)9-14/h4-5,10,14H,6-9H2,1-3H3/t10-/m1/s1. The second-order valence-electron chi connectivity index (χ2n) is 5.14. The molecule has 0 aromatic rings. The number of allylic oxidation sites excluding steroid dienone is 1. The van der Waals surface area contributed by atoms with Crippen molar-refractivity contribution >= 4 is 6.09 Å². The van der Waals surface area contributed by atoms with E-state index in [0.29, 0.717) is 13.1 Å². The zero-order valence-corrected chi connectivity index (χ0v) is 10.3. The monoisotopic (exact) mass is 227 g/mol. The molecule has 4 nitrogen and oxygen atoms in total. The van der Waals surface area contributed by atoms with Crippen molar-refractivity contribution in [1.82, 2.24) is 4.90 Å². The van der Waals surface area contributed by atoms with Crippen LogP contribution in [-0.4, -0.2) is 41.4 Å². The molecule has 4 heteroatoms. The molecule has 0 fully saturated rings. The number of hydrogen-bond donors (Lipinski definition) is 1. The quantitative estimate of drug-likeness (QED) is 0.695. The summed E-state index contributed by atoms with van der Waals surface area (Å²) in [6.07, 6.45) is 4.46. The van der Waals surface area contributed by atoms with Crippen LogP contribution in [0.5, 0.6) is 0 Å². The fraction of sp³-hybridized carbons (Fsp3) is 0.750. The van der Waals surface area contributed by atoms with Gasteiger partial charge in [-0.3, -0.25) is 0 Å². The van der Waals surface area contributed by atoms with Crippen molar-refractivity contribution in [3.8, 4) is 0 Å². The Hall–Kier alpha value is -1.03. The molecule has 1 amide bonds. The normalized spacial score (nSPS) is 21.8. The number of amides is 1. The van der Waals surface area contributed by atoms with E-state index in [0.717, 1.165) is 6.42 Å². The molecule has 0 aromatic heterocycles. The van der Waals surface area contributed by atoms with Gasteiger partial charge in [-0.05, 0) is 27.2 Å². The topological polar surface area (TPSA) is 49.8 Å². The Morgan fingerprint density at radius 3 is 2.75 bits per heavy atom. The van der Waals surface area contributed by atoms with E-state index in [1.54, 1.807) is 4.90 Å². The zero-order chi connectivity index (χ0) is 12.2. The Bertz CT molecular complexity index is 268. The van der Waals surface area contributed by atoms with Crippen molar-refractivity contribution in [3.05, 3.63) is 12.2 Å². The predicted molar refractivity (Wildman–Crippen MR) is 62.1 cm³/mol. The van der Waals surface area contributed by atoms with Crippen LogP contribution in [-0.2, 0) is 4.74 Å². The number of aliphatic hydroxyl groups excluding tert-OH is 1. The minimum atomic E-state index is -0.470. The van der Waals surface area contributed by atoms with E-state index in [2.05, 4.69) is 0 Å². The average molecular weight is 227 g/mol. The lowest BCUT2D eigenvalue weighted by Gasteiger charge is -2.27. The van der Waals surface area contributed by atoms with Gasteiger partial charge in [0.05, 0.1) is 0 Å². The van der Waals surface area contributed by atoms with Crippen LogP contribution in [0.25, 0.3) is 0 Å². The largest absolute Gasteiger partial charge is 0.444 e. The van der Waals surface area contributed by atoms with Crippen LogP contribution in [0.15, 0.2) is 12.2 Å². The minimum absolute atomic E-state index is 0.101. The number of nitrogens with zero attached hydrogens (tertiary/aromatic N) is 1. The number of carbonyl (C=O) groups excluding carboxylic acids is 1. The van der Waals surface area contributed by atoms with E-state index < -0.39 is 5.60 Å². The van der Waals surface area contributed by atoms with Crippen molar-refractivity contribution in [2.75, 3.05) is 19.7 Å². The molecule has 0 saturated carbocycles. The fourth-order valence-corrected chi connectivity index (χ4v) is 1.56. The molecule has 0 radical (unpaired) electrons. The van der Waals surface area contributed by atoms with E-state index >= 15 is 0 Å². The molecule has 0 spiro atoms. The third-order valence-corrected chi connectivity index (χ3v) is 2.35. The van der Waals surface area contributed by atoms with E-state index in [1.807, 2.05) is 32.9 Å². The van der Waals surface area contributed by atoms with Gasteiger partial charge in [0.15, 0.2) is 0 Å². The second kappa shape index (κ2) is 5.34. The van der Waals surface area contributed by atoms with Crippen LogP contribution in [0.2, 0.25) is 0 Å². The Morgan fingerprint density at radius 1 is 1.50 bits per heavy atom. The fourth-order valence-electron chi connectivity index (χ4n) is 1.56. The lowest BCUT2D eigenvalue weighted by Crippen LogP contribution is -2.39. The highest BCUT2D eigenvalue weighted by atomic mass is 16.6. The maximum absolute atomic E-state index is 11.8. The summed E-state index contributed by atoms with van der Waals surface area (Å²) in [7, 11) is 0. The van der Waals surface area contributed by atoms with Gasteiger partial charge in [-0.2, -0.15) is 0 Å². The Labute approximate surface area is 96.9 Å². The summed E-state index contributed by atoms with van der Waals surface area (Å²) in [4.78, 5) is 13.5. The van der Waals surface area contributed by atoms with Crippen molar-refractivity contribution < 1.29 is 14.6 Å². The second-order valence-corrected chi connectivity index (χ2v) is 5.14. The van der Waals surface area contributed by atoms with Crippen molar-refractivity contribution in [1.29, 1.82) is 0 Å². The molecule has 1 N–H and O–H groups in total. The first-order valence-electron chi connectivity index (χ1n) is 5.66. The van der Waals surface area contributed by atoms with Gasteiger partial charge in [0, 0.05) is 25.6 Å². The number of rotatable bonds is 1. The maximum atomic E-state index is 11.8. The zero-order valence-electron chi connectivity index (χ0n) is 10.3. The number of carbonyl (C=O) groups is 1. The van der Waals surface area contributed by atoms with Crippen LogP contribution in [0.3, 0.4) is 0 Å². The van der Waals surface area contributed by atoms with E-state index in [-0.39, 0.29) is 18.6 Å². The first-order chi connectivity index (χ1) is 7.42. The molecular weight excluding hydrogens is 206 g/mol. The molecule has 92 valence electrons. The lowest BCUT2D eigenvalue weighted by atomic mass is 10.1. The van der Waals surface area contributed by atoms with Gasteiger partial charge in [0.25, 0.3) is 0 Å². The number of ether oxygens (including phenoxy) is 1. The molecule has 1 rings (SSSR count). The van der Waals surface area contributed by atoms with Gasteiger partial charge < -0.3 is 14.7 Å². The number of hydrogen-bond acceptors (Lipinski definition) is 3. The third kappa shape index (κ3) is 4.23. The van der Waals surface area contributed by atoms with Gasteiger partial charge in [-0.25, -0.2) is 4.79 Å². The molecule has 0 aliphatic carbocycles. The Balaban J connectivity index is 2.57. The summed E-state index contributed by atoms with van der Waals surface area (Å²) >= 11 is 0. The van der Waals surface area contributed by atoms with E-state index in [1.165, 1.54) is 0 Å². The van der Waals surface area contributed by atoms with Gasteiger partial charge in [-0.15, -0.1) is 0 Å². The molecule has 16 heavy (non-hydrogen) atoms. The molecule has 1 atom stereocenters. The van der Waals surface area contributed by atoms with Gasteiger partial charge in [0.2, 0.25) is 0 Å². The average Bonchev–Trinajstić information content (AvgIpc) is 2.39. The van der Waals surface area contributed by atoms with Gasteiger partial charge >= 0.3 is 6.09 Å². The van der Waals surface area contributed by atoms with Crippen molar-refractivity contribution in [2.45, 2.75) is 32.8 Å². The van der Waals surface area contributed by atoms with Crippen LogP contribution in [0.4, 0.5) is 4.79 Å². The first kappa shape index (κ1) is 13.0. The molecule has 0 saturated heterocycles. The summed E-state index contributed by atoms with van der Waals surface area (Å²) in [5, 5.41) is 9.14. The molecular formula is C12H21NO3. The van der Waals surface area contributed by atoms with Crippen LogP contribution >= 0.6 is 0 Å².